The molecule has 0 spiro atoms. The molecule has 0 saturated carbocycles. The summed E-state index contributed by atoms with van der Waals surface area (Å²) in [7, 11) is 0. The Balaban J connectivity index is 1.37. The molecule has 3 aromatic carbocycles. The van der Waals surface area contributed by atoms with Crippen molar-refractivity contribution in [3.8, 4) is 0 Å². The molecule has 2 heterocycles. The molecule has 6 nitrogen and oxygen atoms in total. The molecule has 2 aliphatic rings. The van der Waals surface area contributed by atoms with E-state index in [1.807, 2.05) is 36.4 Å². The number of thioether (sulfide) groups is 1. The van der Waals surface area contributed by atoms with E-state index in [9.17, 15) is 14.0 Å². The average Bonchev–Trinajstić information content (AvgIpc) is 3.44. The van der Waals surface area contributed by atoms with E-state index < -0.39 is 5.25 Å². The second-order valence-electron chi connectivity index (χ2n) is 8.13. The average molecular weight is 507 g/mol. The number of carbonyl (C=O) groups excluding carboxylic acids is 2. The molecule has 0 aliphatic carbocycles. The van der Waals surface area contributed by atoms with Crippen molar-refractivity contribution in [3.05, 3.63) is 101 Å². The van der Waals surface area contributed by atoms with Crippen molar-refractivity contribution >= 4 is 51.7 Å². The van der Waals surface area contributed by atoms with Gasteiger partial charge in [0.25, 0.3) is 5.91 Å². The van der Waals surface area contributed by atoms with E-state index in [2.05, 4.69) is 10.3 Å². The maximum atomic E-state index is 13.5. The van der Waals surface area contributed by atoms with E-state index in [-0.39, 0.29) is 30.1 Å². The zero-order valence-corrected chi connectivity index (χ0v) is 20.0. The van der Waals surface area contributed by atoms with E-state index in [0.717, 1.165) is 16.8 Å². The molecule has 2 atom stereocenters. The van der Waals surface area contributed by atoms with Crippen LogP contribution in [0, 0.1) is 5.82 Å². The minimum atomic E-state index is -0.640. The van der Waals surface area contributed by atoms with Crippen LogP contribution in [0.3, 0.4) is 0 Å². The van der Waals surface area contributed by atoms with E-state index >= 15 is 0 Å². The van der Waals surface area contributed by atoms with Gasteiger partial charge in [-0.05, 0) is 47.5 Å². The van der Waals surface area contributed by atoms with Gasteiger partial charge >= 0.3 is 0 Å². The summed E-state index contributed by atoms with van der Waals surface area (Å²) in [5.41, 5.74) is 3.12. The molecule has 0 aromatic heterocycles. The molecule has 0 radical (unpaired) electrons. The topological polar surface area (TPSA) is 74.1 Å². The first-order chi connectivity index (χ1) is 17.0. The number of carbonyl (C=O) groups is 2. The van der Waals surface area contributed by atoms with Crippen LogP contribution in [0.25, 0.3) is 0 Å². The van der Waals surface area contributed by atoms with Gasteiger partial charge in [-0.2, -0.15) is 10.1 Å². The molecule has 0 unspecified atom stereocenters. The van der Waals surface area contributed by atoms with Gasteiger partial charge in [0.1, 0.15) is 11.1 Å². The first-order valence-electron chi connectivity index (χ1n) is 11.0. The number of nitrogens with zero attached hydrogens (tertiary/aromatic N) is 3. The Bertz CT molecular complexity index is 1330. The first-order valence-corrected chi connectivity index (χ1v) is 12.2. The summed E-state index contributed by atoms with van der Waals surface area (Å²) in [6, 6.07) is 22.4. The van der Waals surface area contributed by atoms with Crippen molar-refractivity contribution < 1.29 is 14.0 Å². The number of rotatable bonds is 5. The van der Waals surface area contributed by atoms with E-state index in [1.165, 1.54) is 23.9 Å². The maximum absolute atomic E-state index is 13.5. The molecular weight excluding hydrogens is 487 g/mol. The van der Waals surface area contributed by atoms with Crippen LogP contribution >= 0.6 is 23.4 Å². The molecule has 0 saturated heterocycles. The van der Waals surface area contributed by atoms with Gasteiger partial charge in [0.05, 0.1) is 11.8 Å². The maximum Gasteiger partial charge on any atom is 0.262 e. The predicted octanol–water partition coefficient (Wildman–Crippen LogP) is 5.66. The van der Waals surface area contributed by atoms with E-state index in [4.69, 9.17) is 16.7 Å². The number of anilines is 1. The molecule has 3 aromatic rings. The fraction of sp³-hybridized carbons (Fsp3) is 0.154. The van der Waals surface area contributed by atoms with Crippen LogP contribution in [0.15, 0.2) is 89.0 Å². The lowest BCUT2D eigenvalue weighted by Crippen LogP contribution is -2.25. The van der Waals surface area contributed by atoms with Gasteiger partial charge in [-0.25, -0.2) is 9.40 Å². The summed E-state index contributed by atoms with van der Waals surface area (Å²) in [6.07, 6.45) is 0.522. The molecular formula is C26H20ClFN4O2S. The normalized spacial score (nSPS) is 19.5. The third-order valence-electron chi connectivity index (χ3n) is 5.67. The zero-order valence-electron chi connectivity index (χ0n) is 18.4. The van der Waals surface area contributed by atoms with Crippen LogP contribution in [-0.2, 0) is 9.59 Å². The van der Waals surface area contributed by atoms with Crippen molar-refractivity contribution in [1.29, 1.82) is 0 Å². The Morgan fingerprint density at radius 1 is 1.09 bits per heavy atom. The quantitative estimate of drug-likeness (QED) is 0.484. The van der Waals surface area contributed by atoms with Gasteiger partial charge in [0.2, 0.25) is 5.91 Å². The summed E-state index contributed by atoms with van der Waals surface area (Å²) in [6.45, 7) is 0. The molecule has 9 heteroatoms. The van der Waals surface area contributed by atoms with Gasteiger partial charge < -0.3 is 5.32 Å². The monoisotopic (exact) mass is 506 g/mol. The molecule has 5 rings (SSSR count). The Hall–Kier alpha value is -3.49. The van der Waals surface area contributed by atoms with E-state index in [1.54, 1.807) is 35.3 Å². The number of halogens is 2. The largest absolute Gasteiger partial charge is 0.326 e. The summed E-state index contributed by atoms with van der Waals surface area (Å²) in [4.78, 5) is 29.4. The van der Waals surface area contributed by atoms with Gasteiger partial charge in [0.15, 0.2) is 5.17 Å². The lowest BCUT2D eigenvalue weighted by Gasteiger charge is -2.23. The zero-order chi connectivity index (χ0) is 24.4. The first kappa shape index (κ1) is 23.3. The number of benzene rings is 3. The summed E-state index contributed by atoms with van der Waals surface area (Å²) in [5.74, 6) is -0.959. The van der Waals surface area contributed by atoms with Crippen molar-refractivity contribution in [2.24, 2.45) is 10.1 Å². The van der Waals surface area contributed by atoms with Crippen LogP contribution < -0.4 is 5.32 Å². The minimum absolute atomic E-state index is 0.00437. The molecule has 1 N–H and O–H groups in total. The smallest absolute Gasteiger partial charge is 0.262 e. The Morgan fingerprint density at radius 2 is 1.86 bits per heavy atom. The number of aliphatic imine (C=N–C) groups is 1. The summed E-state index contributed by atoms with van der Waals surface area (Å²) in [5, 5.41) is 9.64. The molecule has 35 heavy (non-hydrogen) atoms. The number of amides is 2. The lowest BCUT2D eigenvalue weighted by molar-refractivity contribution is -0.121. The molecule has 2 aliphatic heterocycles. The fourth-order valence-electron chi connectivity index (χ4n) is 3.98. The van der Waals surface area contributed by atoms with Crippen LogP contribution in [0.4, 0.5) is 10.1 Å². The Kier molecular flexibility index (Phi) is 6.66. The highest BCUT2D eigenvalue weighted by Crippen LogP contribution is 2.39. The van der Waals surface area contributed by atoms with Crippen molar-refractivity contribution in [3.63, 3.8) is 0 Å². The highest BCUT2D eigenvalue weighted by atomic mass is 35.5. The Labute approximate surface area is 210 Å². The van der Waals surface area contributed by atoms with Gasteiger partial charge in [-0.1, -0.05) is 65.8 Å². The minimum Gasteiger partial charge on any atom is -0.326 e. The van der Waals surface area contributed by atoms with Crippen LogP contribution in [0.2, 0.25) is 5.02 Å². The van der Waals surface area contributed by atoms with Gasteiger partial charge in [0, 0.05) is 23.6 Å². The third kappa shape index (κ3) is 5.28. The summed E-state index contributed by atoms with van der Waals surface area (Å²) < 4.78 is 13.5. The number of nitrogens with one attached hydrogen (secondary N) is 1. The van der Waals surface area contributed by atoms with Crippen LogP contribution in [-0.4, -0.2) is 33.0 Å². The van der Waals surface area contributed by atoms with Crippen molar-refractivity contribution in [1.82, 2.24) is 5.01 Å². The molecule has 2 amide bonds. The molecule has 0 bridgehead atoms. The number of para-hydroxylation sites is 1. The highest BCUT2D eigenvalue weighted by Gasteiger charge is 2.39. The van der Waals surface area contributed by atoms with E-state index in [0.29, 0.717) is 22.3 Å². The van der Waals surface area contributed by atoms with Crippen LogP contribution in [0.1, 0.15) is 30.0 Å². The summed E-state index contributed by atoms with van der Waals surface area (Å²) >= 11 is 7.46. The fourth-order valence-corrected chi connectivity index (χ4v) is 5.24. The number of hydrogen-bond acceptors (Lipinski definition) is 5. The van der Waals surface area contributed by atoms with Crippen molar-refractivity contribution in [2.45, 2.75) is 24.1 Å². The second kappa shape index (κ2) is 10.0. The lowest BCUT2D eigenvalue weighted by atomic mass is 9.98. The van der Waals surface area contributed by atoms with Gasteiger partial charge in [-0.3, -0.25) is 9.59 Å². The predicted molar refractivity (Wildman–Crippen MR) is 137 cm³/mol. The number of hydrogen-bond donors (Lipinski definition) is 1. The van der Waals surface area contributed by atoms with Crippen LogP contribution in [0.5, 0.6) is 0 Å². The Morgan fingerprint density at radius 3 is 2.60 bits per heavy atom. The second-order valence-corrected chi connectivity index (χ2v) is 9.74. The highest BCUT2D eigenvalue weighted by molar-refractivity contribution is 8.15. The number of amidine groups is 1. The SMILES string of the molecule is O=C(C[C@@H]1SC(N2N=C(c3ccc(F)cc3)C[C@H]2c2cccc(Cl)c2)=NC1=O)Nc1ccccc1. The molecule has 0 fully saturated rings. The molecule has 176 valence electrons. The van der Waals surface area contributed by atoms with Gasteiger partial charge in [-0.15, -0.1) is 0 Å². The number of hydrazone groups is 1. The third-order valence-corrected chi connectivity index (χ3v) is 7.05. The standard InChI is InChI=1S/C26H20ClFN4O2S/c27-18-6-4-5-17(13-18)22-14-21(16-9-11-19(28)12-10-16)31-32(22)26-30-25(34)23(35-26)15-24(33)29-20-7-2-1-3-8-20/h1-13,22-23H,14-15H2,(H,29,33)/t22-,23-/m0/s1. The van der Waals surface area contributed by atoms with Crippen molar-refractivity contribution in [2.75, 3.05) is 5.32 Å².